The summed E-state index contributed by atoms with van der Waals surface area (Å²) in [6, 6.07) is 0.198. The van der Waals surface area contributed by atoms with Gasteiger partial charge in [0.15, 0.2) is 0 Å². The Morgan fingerprint density at radius 3 is 2.26 bits per heavy atom. The summed E-state index contributed by atoms with van der Waals surface area (Å²) in [6.07, 6.45) is 7.14. The number of aromatic nitrogens is 1. The van der Waals surface area contributed by atoms with Crippen LogP contribution in [0.3, 0.4) is 0 Å². The van der Waals surface area contributed by atoms with E-state index in [2.05, 4.69) is 10.5 Å². The topological polar surface area (TPSA) is 122 Å². The summed E-state index contributed by atoms with van der Waals surface area (Å²) in [7, 11) is 0. The Kier molecular flexibility index (Phi) is 7.73. The number of nitrogens with one attached hydrogen (secondary N) is 1. The number of hydrogen-bond donors (Lipinski definition) is 2. The molecule has 38 heavy (non-hydrogen) atoms. The zero-order valence-corrected chi connectivity index (χ0v) is 23.7. The predicted octanol–water partition coefficient (Wildman–Crippen LogP) is 4.46. The lowest BCUT2D eigenvalue weighted by Crippen LogP contribution is -2.55. The maximum Gasteiger partial charge on any atom is 0.306 e. The van der Waals surface area contributed by atoms with Gasteiger partial charge >= 0.3 is 5.97 Å². The van der Waals surface area contributed by atoms with Gasteiger partial charge in [0.05, 0.1) is 11.3 Å². The molecule has 6 rings (SSSR count). The first-order valence-corrected chi connectivity index (χ1v) is 15.0. The van der Waals surface area contributed by atoms with E-state index in [-0.39, 0.29) is 41.4 Å². The van der Waals surface area contributed by atoms with Crippen LogP contribution in [0, 0.1) is 35.0 Å². The molecular weight excluding hydrogens is 506 g/mol. The van der Waals surface area contributed by atoms with Crippen LogP contribution in [0.2, 0.25) is 0 Å². The van der Waals surface area contributed by atoms with E-state index in [1.807, 2.05) is 27.7 Å². The molecule has 5 fully saturated rings. The van der Waals surface area contributed by atoms with Crippen molar-refractivity contribution in [1.29, 1.82) is 0 Å². The highest BCUT2D eigenvalue weighted by Gasteiger charge is 2.49. The number of likely N-dealkylation sites (tertiary alicyclic amines) is 1. The molecule has 0 spiro atoms. The zero-order valence-electron chi connectivity index (χ0n) is 22.9. The van der Waals surface area contributed by atoms with Gasteiger partial charge in [-0.25, -0.2) is 0 Å². The predicted molar refractivity (Wildman–Crippen MR) is 142 cm³/mol. The van der Waals surface area contributed by atoms with Crippen LogP contribution in [0.5, 0.6) is 5.88 Å². The minimum Gasteiger partial charge on any atom is -0.481 e. The number of rotatable bonds is 9. The minimum absolute atomic E-state index is 0.0689. The lowest BCUT2D eigenvalue weighted by molar-refractivity contribution is -0.149. The number of hydrogen-bond acceptors (Lipinski definition) is 7. The Labute approximate surface area is 228 Å². The van der Waals surface area contributed by atoms with Crippen molar-refractivity contribution in [2.24, 2.45) is 35.0 Å². The van der Waals surface area contributed by atoms with Gasteiger partial charge in [-0.3, -0.25) is 14.4 Å². The first-order chi connectivity index (χ1) is 18.0. The van der Waals surface area contributed by atoms with Crippen molar-refractivity contribution in [2.45, 2.75) is 88.8 Å². The fourth-order valence-electron chi connectivity index (χ4n) is 7.29. The second-order valence-corrected chi connectivity index (χ2v) is 14.4. The third-order valence-corrected chi connectivity index (χ3v) is 10.1. The number of carboxylic acid groups (broad SMARTS) is 1. The highest BCUT2D eigenvalue weighted by molar-refractivity contribution is 8.00. The molecule has 9 nitrogen and oxygen atoms in total. The number of carbonyl (C=O) groups excluding carboxylic acids is 2. The summed E-state index contributed by atoms with van der Waals surface area (Å²) >= 11 is 1.47. The molecule has 1 saturated heterocycles. The van der Waals surface area contributed by atoms with Gasteiger partial charge in [0.2, 0.25) is 11.7 Å². The molecule has 1 aliphatic heterocycles. The molecule has 2 amide bonds. The Hall–Kier alpha value is -2.23. The van der Waals surface area contributed by atoms with Crippen LogP contribution in [0.15, 0.2) is 9.42 Å². The Bertz CT molecular complexity index is 1030. The maximum absolute atomic E-state index is 13.4. The van der Waals surface area contributed by atoms with E-state index in [9.17, 15) is 19.5 Å². The van der Waals surface area contributed by atoms with Crippen molar-refractivity contribution in [1.82, 2.24) is 15.4 Å². The fourth-order valence-corrected chi connectivity index (χ4v) is 8.19. The lowest BCUT2D eigenvalue weighted by Gasteiger charge is -2.54. The quantitative estimate of drug-likeness (QED) is 0.435. The van der Waals surface area contributed by atoms with Crippen molar-refractivity contribution in [3.05, 3.63) is 5.76 Å². The van der Waals surface area contributed by atoms with Gasteiger partial charge in [-0.15, -0.1) is 11.8 Å². The Morgan fingerprint density at radius 1 is 1.11 bits per heavy atom. The van der Waals surface area contributed by atoms with Gasteiger partial charge < -0.3 is 24.6 Å². The van der Waals surface area contributed by atoms with E-state index >= 15 is 0 Å². The van der Waals surface area contributed by atoms with Crippen LogP contribution >= 0.6 is 11.8 Å². The monoisotopic (exact) mass is 547 g/mol. The first-order valence-electron chi connectivity index (χ1n) is 14.1. The van der Waals surface area contributed by atoms with Gasteiger partial charge in [0.25, 0.3) is 11.8 Å². The third kappa shape index (κ3) is 5.56. The van der Waals surface area contributed by atoms with Crippen LogP contribution in [-0.2, 0) is 9.59 Å². The standard InChI is InChI=1S/C28H41N3O6S/c1-15(2)38-23-22(24(32)29-21-19-10-16-9-17(12-19)13-20(21)11-16)37-30-25(23)36-14-28(3,4)27(35)31-7-5-18(6-8-31)26(33)34/h15-21H,5-14H2,1-4H3,(H,29,32)(H,33,34). The molecule has 2 N–H and O–H groups in total. The van der Waals surface area contributed by atoms with E-state index in [0.717, 1.165) is 11.8 Å². The molecule has 4 aliphatic carbocycles. The molecule has 5 aliphatic rings. The van der Waals surface area contributed by atoms with Crippen LogP contribution in [0.4, 0.5) is 0 Å². The summed E-state index contributed by atoms with van der Waals surface area (Å²) < 4.78 is 11.6. The maximum atomic E-state index is 13.4. The normalized spacial score (nSPS) is 29.1. The average Bonchev–Trinajstić information content (AvgIpc) is 3.26. The third-order valence-electron chi connectivity index (χ3n) is 8.98. The molecule has 0 atom stereocenters. The minimum atomic E-state index is -0.850. The van der Waals surface area contributed by atoms with Crippen molar-refractivity contribution < 1.29 is 28.8 Å². The van der Waals surface area contributed by atoms with E-state index in [1.165, 1.54) is 43.9 Å². The van der Waals surface area contributed by atoms with Crippen molar-refractivity contribution in [3.63, 3.8) is 0 Å². The number of ether oxygens (including phenoxy) is 1. The van der Waals surface area contributed by atoms with Crippen molar-refractivity contribution in [2.75, 3.05) is 19.7 Å². The number of carboxylic acids is 1. The van der Waals surface area contributed by atoms with Crippen molar-refractivity contribution in [3.8, 4) is 5.88 Å². The molecule has 1 aromatic heterocycles. The highest BCUT2D eigenvalue weighted by Crippen LogP contribution is 2.53. The van der Waals surface area contributed by atoms with Crippen LogP contribution in [0.25, 0.3) is 0 Å². The molecule has 210 valence electrons. The first kappa shape index (κ1) is 27.3. The SMILES string of the molecule is CC(C)Sc1c(OCC(C)(C)C(=O)N2CCC(C(=O)O)CC2)noc1C(=O)NC1C2CC3CC(C2)CC1C3. The van der Waals surface area contributed by atoms with Gasteiger partial charge in [-0.2, -0.15) is 0 Å². The van der Waals surface area contributed by atoms with Gasteiger partial charge in [-0.05, 0) is 87.6 Å². The van der Waals surface area contributed by atoms with E-state index in [0.29, 0.717) is 42.7 Å². The van der Waals surface area contributed by atoms with Crippen LogP contribution < -0.4 is 10.1 Å². The molecule has 2 heterocycles. The zero-order chi connectivity index (χ0) is 27.2. The van der Waals surface area contributed by atoms with E-state index in [4.69, 9.17) is 9.26 Å². The second kappa shape index (κ2) is 10.7. The second-order valence-electron chi connectivity index (χ2n) is 12.8. The van der Waals surface area contributed by atoms with E-state index in [1.54, 1.807) is 4.90 Å². The van der Waals surface area contributed by atoms with Crippen LogP contribution in [0.1, 0.15) is 83.2 Å². The number of thioether (sulfide) groups is 1. The smallest absolute Gasteiger partial charge is 0.306 e. The van der Waals surface area contributed by atoms with Crippen LogP contribution in [-0.4, -0.2) is 63.9 Å². The summed E-state index contributed by atoms with van der Waals surface area (Å²) in [4.78, 5) is 40.2. The fraction of sp³-hybridized carbons (Fsp3) is 0.786. The molecular formula is C28H41N3O6S. The molecule has 4 bridgehead atoms. The van der Waals surface area contributed by atoms with E-state index < -0.39 is 17.3 Å². The Balaban J connectivity index is 1.24. The molecule has 1 aromatic rings. The summed E-state index contributed by atoms with van der Waals surface area (Å²) in [5.74, 6) is 1.70. The average molecular weight is 548 g/mol. The molecule has 0 radical (unpaired) electrons. The Morgan fingerprint density at radius 2 is 1.71 bits per heavy atom. The number of nitrogens with zero attached hydrogens (tertiary/aromatic N) is 2. The van der Waals surface area contributed by atoms with Gasteiger partial charge in [-0.1, -0.05) is 13.8 Å². The number of carbonyl (C=O) groups is 3. The molecule has 0 aromatic carbocycles. The van der Waals surface area contributed by atoms with Gasteiger partial charge in [0.1, 0.15) is 11.5 Å². The largest absolute Gasteiger partial charge is 0.481 e. The number of aliphatic carboxylic acids is 1. The summed E-state index contributed by atoms with van der Waals surface area (Å²) in [6.45, 7) is 8.62. The lowest BCUT2D eigenvalue weighted by atomic mass is 9.54. The molecule has 10 heteroatoms. The highest BCUT2D eigenvalue weighted by atomic mass is 32.2. The molecule has 4 saturated carbocycles. The number of piperidine rings is 1. The van der Waals surface area contributed by atoms with Crippen molar-refractivity contribution >= 4 is 29.5 Å². The number of amides is 2. The van der Waals surface area contributed by atoms with Gasteiger partial charge in [0, 0.05) is 24.4 Å². The molecule has 0 unspecified atom stereocenters. The summed E-state index contributed by atoms with van der Waals surface area (Å²) in [5.41, 5.74) is -0.850. The summed E-state index contributed by atoms with van der Waals surface area (Å²) in [5, 5.41) is 16.8.